The molecule has 12 heteroatoms. The van der Waals surface area contributed by atoms with E-state index < -0.39 is 72.1 Å². The fourth-order valence-corrected chi connectivity index (χ4v) is 5.39. The predicted octanol–water partition coefficient (Wildman–Crippen LogP) is 2.61. The van der Waals surface area contributed by atoms with Gasteiger partial charge in [-0.25, -0.2) is 14.4 Å². The standard InChI is InChI=1S/C33H49N3O9/c1-11-19(3)26-32(41)44-21(5)28(37)34(8)25(18-24-16-14-13-15-17-24)31(40)43-22(6)29(38)35(9)27(20(4)12-2)33(42)45-23(7)30(39)36(26)10/h13-17,19-23,25-27H,11-12,18H2,1-10H3/t19-,20-,21-,22-,23-,25+,26+,27+/m1/s1. The monoisotopic (exact) mass is 631 g/mol. The molecule has 2 rings (SSSR count). The molecule has 0 spiro atoms. The van der Waals surface area contributed by atoms with Gasteiger partial charge in [-0.15, -0.1) is 0 Å². The van der Waals surface area contributed by atoms with Crippen LogP contribution in [0.5, 0.6) is 0 Å². The topological polar surface area (TPSA) is 140 Å². The van der Waals surface area contributed by atoms with Crippen molar-refractivity contribution in [2.75, 3.05) is 21.1 Å². The summed E-state index contributed by atoms with van der Waals surface area (Å²) in [5.41, 5.74) is 0.729. The molecular formula is C33H49N3O9. The zero-order valence-corrected chi connectivity index (χ0v) is 28.1. The van der Waals surface area contributed by atoms with Gasteiger partial charge < -0.3 is 28.9 Å². The molecule has 12 nitrogen and oxygen atoms in total. The second-order valence-electron chi connectivity index (χ2n) is 12.0. The first kappa shape index (κ1) is 37.2. The molecule has 250 valence electrons. The lowest BCUT2D eigenvalue weighted by Gasteiger charge is -2.36. The average molecular weight is 632 g/mol. The Morgan fingerprint density at radius 2 is 0.956 bits per heavy atom. The van der Waals surface area contributed by atoms with Gasteiger partial charge in [0.15, 0.2) is 18.3 Å². The molecule has 0 bridgehead atoms. The Kier molecular flexibility index (Phi) is 13.6. The molecule has 1 aliphatic rings. The Bertz CT molecular complexity index is 1220. The summed E-state index contributed by atoms with van der Waals surface area (Å²) < 4.78 is 16.8. The first-order chi connectivity index (χ1) is 21.1. The van der Waals surface area contributed by atoms with Crippen molar-refractivity contribution < 1.29 is 43.0 Å². The summed E-state index contributed by atoms with van der Waals surface area (Å²) in [4.78, 5) is 84.7. The number of hydrogen-bond acceptors (Lipinski definition) is 9. The molecule has 8 atom stereocenters. The minimum absolute atomic E-state index is 0.0613. The van der Waals surface area contributed by atoms with Crippen molar-refractivity contribution >= 4 is 35.6 Å². The van der Waals surface area contributed by atoms with Gasteiger partial charge in [-0.3, -0.25) is 14.4 Å². The largest absolute Gasteiger partial charge is 0.451 e. The van der Waals surface area contributed by atoms with Crippen LogP contribution in [-0.2, 0) is 49.4 Å². The van der Waals surface area contributed by atoms with Gasteiger partial charge in [-0.05, 0) is 38.2 Å². The second kappa shape index (κ2) is 16.4. The van der Waals surface area contributed by atoms with Crippen LogP contribution >= 0.6 is 0 Å². The van der Waals surface area contributed by atoms with Crippen LogP contribution in [0.4, 0.5) is 0 Å². The van der Waals surface area contributed by atoms with Gasteiger partial charge in [0.25, 0.3) is 17.7 Å². The minimum Gasteiger partial charge on any atom is -0.451 e. The summed E-state index contributed by atoms with van der Waals surface area (Å²) >= 11 is 0. The highest BCUT2D eigenvalue weighted by Crippen LogP contribution is 2.22. The maximum absolute atomic E-state index is 13.6. The van der Waals surface area contributed by atoms with E-state index in [4.69, 9.17) is 14.2 Å². The van der Waals surface area contributed by atoms with E-state index in [-0.39, 0.29) is 18.3 Å². The van der Waals surface area contributed by atoms with Crippen LogP contribution in [0.25, 0.3) is 0 Å². The van der Waals surface area contributed by atoms with Crippen molar-refractivity contribution in [1.29, 1.82) is 0 Å². The zero-order valence-electron chi connectivity index (χ0n) is 28.1. The highest BCUT2D eigenvalue weighted by atomic mass is 16.6. The maximum Gasteiger partial charge on any atom is 0.329 e. The molecule has 1 heterocycles. The first-order valence-electron chi connectivity index (χ1n) is 15.5. The lowest BCUT2D eigenvalue weighted by Crippen LogP contribution is -2.55. The van der Waals surface area contributed by atoms with E-state index in [1.807, 2.05) is 19.9 Å². The third kappa shape index (κ3) is 9.04. The number of benzene rings is 1. The Morgan fingerprint density at radius 1 is 0.600 bits per heavy atom. The number of carbonyl (C=O) groups is 6. The number of ether oxygens (including phenoxy) is 3. The molecule has 0 N–H and O–H groups in total. The number of rotatable bonds is 6. The van der Waals surface area contributed by atoms with E-state index in [1.54, 1.807) is 38.1 Å². The SMILES string of the molecule is CC[C@@H](C)[C@H]1C(=O)O[C@H](C)C(=O)N(C)[C@@H](Cc2ccccc2)C(=O)O[C@H](C)C(=O)N(C)[C@@H]([C@H](C)CC)C(=O)O[C@H](C)C(=O)N1C. The number of esters is 3. The third-order valence-corrected chi connectivity index (χ3v) is 8.66. The third-order valence-electron chi connectivity index (χ3n) is 8.66. The van der Waals surface area contributed by atoms with Crippen LogP contribution in [0.2, 0.25) is 0 Å². The van der Waals surface area contributed by atoms with Crippen LogP contribution in [-0.4, -0.2) is 108 Å². The van der Waals surface area contributed by atoms with E-state index in [1.165, 1.54) is 51.7 Å². The van der Waals surface area contributed by atoms with Crippen LogP contribution in [0.3, 0.4) is 0 Å². The Balaban J connectivity index is 2.63. The number of amides is 3. The number of likely N-dealkylation sites (N-methyl/N-ethyl adjacent to an activating group) is 3. The van der Waals surface area contributed by atoms with Crippen LogP contribution < -0.4 is 0 Å². The molecule has 0 unspecified atom stereocenters. The average Bonchev–Trinajstić information content (AvgIpc) is 3.01. The summed E-state index contributed by atoms with van der Waals surface area (Å²) in [5, 5.41) is 0. The van der Waals surface area contributed by atoms with Crippen LogP contribution in [0.15, 0.2) is 30.3 Å². The number of nitrogens with zero attached hydrogens (tertiary/aromatic N) is 3. The van der Waals surface area contributed by atoms with Gasteiger partial charge in [-0.1, -0.05) is 70.9 Å². The summed E-state index contributed by atoms with van der Waals surface area (Å²) in [5.74, 6) is -5.19. The molecule has 0 aliphatic carbocycles. The number of hydrogen-bond donors (Lipinski definition) is 0. The van der Waals surface area contributed by atoms with Gasteiger partial charge in [0.2, 0.25) is 0 Å². The molecule has 0 saturated carbocycles. The molecule has 3 amide bonds. The van der Waals surface area contributed by atoms with Crippen molar-refractivity contribution in [3.8, 4) is 0 Å². The zero-order chi connectivity index (χ0) is 34.2. The van der Waals surface area contributed by atoms with Gasteiger partial charge in [0.05, 0.1) is 0 Å². The molecule has 0 radical (unpaired) electrons. The Labute approximate surface area is 266 Å². The van der Waals surface area contributed by atoms with E-state index in [2.05, 4.69) is 0 Å². The van der Waals surface area contributed by atoms with Crippen molar-refractivity contribution in [2.24, 2.45) is 11.8 Å². The Hall–Kier alpha value is -3.96. The normalized spacial score (nSPS) is 28.1. The Morgan fingerprint density at radius 3 is 1.33 bits per heavy atom. The van der Waals surface area contributed by atoms with Gasteiger partial charge in [0.1, 0.15) is 18.1 Å². The molecular weight excluding hydrogens is 582 g/mol. The smallest absolute Gasteiger partial charge is 0.329 e. The van der Waals surface area contributed by atoms with E-state index in [0.29, 0.717) is 12.8 Å². The quantitative estimate of drug-likeness (QED) is 0.342. The fraction of sp³-hybridized carbons (Fsp3) is 0.636. The number of carbonyl (C=O) groups excluding carboxylic acids is 6. The molecule has 1 aliphatic heterocycles. The summed E-state index contributed by atoms with van der Waals surface area (Å²) in [6, 6.07) is 5.60. The molecule has 1 saturated heterocycles. The maximum atomic E-state index is 13.6. The summed E-state index contributed by atoms with van der Waals surface area (Å²) in [6.07, 6.45) is -2.88. The fourth-order valence-electron chi connectivity index (χ4n) is 5.39. The van der Waals surface area contributed by atoms with Crippen LogP contribution in [0.1, 0.15) is 66.9 Å². The molecule has 0 aromatic heterocycles. The summed E-state index contributed by atoms with van der Waals surface area (Å²) in [7, 11) is 4.23. The van der Waals surface area contributed by atoms with Gasteiger partial charge in [-0.2, -0.15) is 0 Å². The first-order valence-corrected chi connectivity index (χ1v) is 15.5. The molecule has 1 aromatic rings. The van der Waals surface area contributed by atoms with Crippen molar-refractivity contribution in [3.05, 3.63) is 35.9 Å². The lowest BCUT2D eigenvalue weighted by atomic mass is 9.97. The van der Waals surface area contributed by atoms with Crippen molar-refractivity contribution in [2.45, 2.75) is 104 Å². The lowest BCUT2D eigenvalue weighted by molar-refractivity contribution is -0.176. The van der Waals surface area contributed by atoms with Gasteiger partial charge >= 0.3 is 17.9 Å². The molecule has 1 fully saturated rings. The summed E-state index contributed by atoms with van der Waals surface area (Å²) in [6.45, 7) is 11.4. The highest BCUT2D eigenvalue weighted by molar-refractivity contribution is 5.93. The predicted molar refractivity (Wildman–Crippen MR) is 165 cm³/mol. The van der Waals surface area contributed by atoms with Crippen molar-refractivity contribution in [1.82, 2.24) is 14.7 Å². The molecule has 1 aromatic carbocycles. The van der Waals surface area contributed by atoms with Crippen LogP contribution in [0, 0.1) is 11.8 Å². The van der Waals surface area contributed by atoms with E-state index in [9.17, 15) is 28.8 Å². The van der Waals surface area contributed by atoms with Gasteiger partial charge in [0, 0.05) is 27.6 Å². The van der Waals surface area contributed by atoms with E-state index >= 15 is 0 Å². The van der Waals surface area contributed by atoms with E-state index in [0.717, 1.165) is 10.5 Å². The highest BCUT2D eigenvalue weighted by Gasteiger charge is 2.42. The molecule has 45 heavy (non-hydrogen) atoms. The van der Waals surface area contributed by atoms with Crippen molar-refractivity contribution in [3.63, 3.8) is 0 Å². The number of cyclic esters (lactones) is 3. The second-order valence-corrected chi connectivity index (χ2v) is 12.0. The minimum atomic E-state index is -1.32.